The second kappa shape index (κ2) is 8.12. The predicted molar refractivity (Wildman–Crippen MR) is 104 cm³/mol. The lowest BCUT2D eigenvalue weighted by Crippen LogP contribution is -2.33. The van der Waals surface area contributed by atoms with E-state index in [4.69, 9.17) is 11.6 Å². The summed E-state index contributed by atoms with van der Waals surface area (Å²) in [6.07, 6.45) is 3.14. The van der Waals surface area contributed by atoms with E-state index in [0.717, 1.165) is 29.8 Å². The summed E-state index contributed by atoms with van der Waals surface area (Å²) in [5.74, 6) is -1.10. The molecule has 0 spiro atoms. The number of halogens is 2. The lowest BCUT2D eigenvalue weighted by Gasteiger charge is -2.14. The van der Waals surface area contributed by atoms with Crippen LogP contribution >= 0.6 is 11.6 Å². The molecule has 3 aromatic rings. The summed E-state index contributed by atoms with van der Waals surface area (Å²) in [5, 5.41) is 1.72. The van der Waals surface area contributed by atoms with Crippen molar-refractivity contribution < 1.29 is 17.6 Å². The Bertz CT molecular complexity index is 1100. The molecule has 0 aliphatic carbocycles. The van der Waals surface area contributed by atoms with Crippen molar-refractivity contribution in [1.29, 1.82) is 0 Å². The first kappa shape index (κ1) is 20.0. The zero-order valence-corrected chi connectivity index (χ0v) is 16.4. The van der Waals surface area contributed by atoms with Crippen molar-refractivity contribution in [3.05, 3.63) is 77.3 Å². The maximum Gasteiger partial charge on any atom is 0.245 e. The highest BCUT2D eigenvalue weighted by atomic mass is 35.5. The Balaban J connectivity index is 1.77. The number of carbonyl (C=O) groups is 1. The molecule has 0 fully saturated rings. The Hall–Kier alpha value is -2.71. The summed E-state index contributed by atoms with van der Waals surface area (Å²) in [7, 11) is -3.97. The van der Waals surface area contributed by atoms with Crippen LogP contribution in [-0.4, -0.2) is 29.1 Å². The zero-order chi connectivity index (χ0) is 20.3. The highest BCUT2D eigenvalue weighted by Crippen LogP contribution is 2.20. The third kappa shape index (κ3) is 4.23. The number of amides is 1. The lowest BCUT2D eigenvalue weighted by molar-refractivity contribution is -0.115. The molecule has 0 aliphatic rings. The van der Waals surface area contributed by atoms with Crippen molar-refractivity contribution in [2.75, 3.05) is 5.32 Å². The first-order chi connectivity index (χ1) is 13.3. The van der Waals surface area contributed by atoms with Crippen LogP contribution in [0.4, 0.5) is 10.3 Å². The first-order valence-electron chi connectivity index (χ1n) is 8.34. The molecule has 28 heavy (non-hydrogen) atoms. The quantitative estimate of drug-likeness (QED) is 0.617. The van der Waals surface area contributed by atoms with Crippen LogP contribution in [0.2, 0.25) is 5.02 Å². The van der Waals surface area contributed by atoms with Crippen LogP contribution in [0, 0.1) is 5.82 Å². The van der Waals surface area contributed by atoms with Crippen molar-refractivity contribution >= 4 is 33.3 Å². The van der Waals surface area contributed by atoms with Gasteiger partial charge in [0.2, 0.25) is 11.9 Å². The van der Waals surface area contributed by atoms with E-state index >= 15 is 0 Å². The molecule has 6 nitrogen and oxygen atoms in total. The SMILES string of the molecule is CC(C(=O)Nc1nccn1Cc1ccccc1Cl)S(=O)(=O)c1ccc(F)cc1. The topological polar surface area (TPSA) is 81.1 Å². The van der Waals surface area contributed by atoms with E-state index in [1.165, 1.54) is 13.1 Å². The number of rotatable bonds is 6. The van der Waals surface area contributed by atoms with Crippen molar-refractivity contribution in [2.45, 2.75) is 23.6 Å². The molecule has 1 atom stereocenters. The molecule has 0 aliphatic heterocycles. The van der Waals surface area contributed by atoms with E-state index in [0.29, 0.717) is 11.6 Å². The van der Waals surface area contributed by atoms with Crippen molar-refractivity contribution in [3.8, 4) is 0 Å². The molecule has 2 aromatic carbocycles. The number of imidazole rings is 1. The smallest absolute Gasteiger partial charge is 0.245 e. The third-order valence-corrected chi connectivity index (χ3v) is 6.67. The molecule has 1 unspecified atom stereocenters. The fourth-order valence-electron chi connectivity index (χ4n) is 2.55. The van der Waals surface area contributed by atoms with Gasteiger partial charge in [0.05, 0.1) is 11.4 Å². The fraction of sp³-hybridized carbons (Fsp3) is 0.158. The zero-order valence-electron chi connectivity index (χ0n) is 14.8. The first-order valence-corrected chi connectivity index (χ1v) is 10.3. The van der Waals surface area contributed by atoms with E-state index in [9.17, 15) is 17.6 Å². The largest absolute Gasteiger partial charge is 0.313 e. The number of nitrogens with zero attached hydrogens (tertiary/aromatic N) is 2. The molecule has 0 saturated heterocycles. The van der Waals surface area contributed by atoms with Gasteiger partial charge in [-0.05, 0) is 42.8 Å². The van der Waals surface area contributed by atoms with Gasteiger partial charge in [-0.15, -0.1) is 0 Å². The summed E-state index contributed by atoms with van der Waals surface area (Å²) >= 11 is 6.16. The Morgan fingerprint density at radius 2 is 1.89 bits per heavy atom. The molecule has 1 amide bonds. The standard InChI is InChI=1S/C19H17ClFN3O3S/c1-13(28(26,27)16-8-6-15(21)7-9-16)18(25)23-19-22-10-11-24(19)12-14-4-2-3-5-17(14)20/h2-11,13H,12H2,1H3,(H,22,23,25). The molecular formula is C19H17ClFN3O3S. The number of sulfone groups is 1. The van der Waals surface area contributed by atoms with E-state index in [2.05, 4.69) is 10.3 Å². The number of benzene rings is 2. The number of hydrogen-bond acceptors (Lipinski definition) is 4. The number of nitrogens with one attached hydrogen (secondary N) is 1. The average Bonchev–Trinajstić information content (AvgIpc) is 3.10. The van der Waals surface area contributed by atoms with Gasteiger partial charge in [0.15, 0.2) is 9.84 Å². The van der Waals surface area contributed by atoms with E-state index in [1.54, 1.807) is 16.8 Å². The van der Waals surface area contributed by atoms with Gasteiger partial charge in [0.25, 0.3) is 0 Å². The van der Waals surface area contributed by atoms with Gasteiger partial charge in [-0.3, -0.25) is 10.1 Å². The summed E-state index contributed by atoms with van der Waals surface area (Å²) in [4.78, 5) is 16.5. The van der Waals surface area contributed by atoms with Gasteiger partial charge in [-0.1, -0.05) is 29.8 Å². The molecule has 9 heteroatoms. The minimum Gasteiger partial charge on any atom is -0.313 e. The highest BCUT2D eigenvalue weighted by Gasteiger charge is 2.30. The van der Waals surface area contributed by atoms with E-state index in [-0.39, 0.29) is 10.8 Å². The van der Waals surface area contributed by atoms with Gasteiger partial charge in [0, 0.05) is 17.4 Å². The number of hydrogen-bond donors (Lipinski definition) is 1. The van der Waals surface area contributed by atoms with Gasteiger partial charge in [0.1, 0.15) is 11.1 Å². The van der Waals surface area contributed by atoms with Crippen LogP contribution in [0.1, 0.15) is 12.5 Å². The van der Waals surface area contributed by atoms with Gasteiger partial charge in [-0.25, -0.2) is 17.8 Å². The number of anilines is 1. The minimum atomic E-state index is -3.97. The van der Waals surface area contributed by atoms with Gasteiger partial charge in [-0.2, -0.15) is 0 Å². The molecule has 1 N–H and O–H groups in total. The molecule has 3 rings (SSSR count). The molecule has 1 aromatic heterocycles. The molecule has 0 bridgehead atoms. The molecule has 146 valence electrons. The Morgan fingerprint density at radius 1 is 1.21 bits per heavy atom. The van der Waals surface area contributed by atoms with Crippen molar-refractivity contribution in [2.24, 2.45) is 0 Å². The van der Waals surface area contributed by atoms with Crippen LogP contribution in [-0.2, 0) is 21.2 Å². The normalized spacial score (nSPS) is 12.5. The fourth-order valence-corrected chi connectivity index (χ4v) is 4.01. The van der Waals surface area contributed by atoms with Crippen molar-refractivity contribution in [3.63, 3.8) is 0 Å². The summed E-state index contributed by atoms with van der Waals surface area (Å²) < 4.78 is 39.9. The molecule has 1 heterocycles. The predicted octanol–water partition coefficient (Wildman–Crippen LogP) is 3.52. The van der Waals surface area contributed by atoms with Gasteiger partial charge >= 0.3 is 0 Å². The van der Waals surface area contributed by atoms with Crippen LogP contribution in [0.5, 0.6) is 0 Å². The Morgan fingerprint density at radius 3 is 2.57 bits per heavy atom. The van der Waals surface area contributed by atoms with Gasteiger partial charge < -0.3 is 4.57 Å². The van der Waals surface area contributed by atoms with E-state index < -0.39 is 26.8 Å². The summed E-state index contributed by atoms with van der Waals surface area (Å²) in [5.41, 5.74) is 0.824. The average molecular weight is 422 g/mol. The second-order valence-corrected chi connectivity index (χ2v) is 8.78. The number of aromatic nitrogens is 2. The van der Waals surface area contributed by atoms with Crippen LogP contribution < -0.4 is 5.32 Å². The molecular weight excluding hydrogens is 405 g/mol. The number of carbonyl (C=O) groups excluding carboxylic acids is 1. The van der Waals surface area contributed by atoms with Crippen LogP contribution in [0.15, 0.2) is 65.8 Å². The summed E-state index contributed by atoms with van der Waals surface area (Å²) in [6.45, 7) is 1.63. The minimum absolute atomic E-state index is 0.129. The maximum absolute atomic E-state index is 13.0. The van der Waals surface area contributed by atoms with Crippen molar-refractivity contribution in [1.82, 2.24) is 9.55 Å². The highest BCUT2D eigenvalue weighted by molar-refractivity contribution is 7.92. The molecule has 0 radical (unpaired) electrons. The molecule has 0 saturated carbocycles. The Labute approximate surface area is 166 Å². The van der Waals surface area contributed by atoms with Crippen LogP contribution in [0.25, 0.3) is 0 Å². The lowest BCUT2D eigenvalue weighted by atomic mass is 10.2. The van der Waals surface area contributed by atoms with Crippen LogP contribution in [0.3, 0.4) is 0 Å². The third-order valence-electron chi connectivity index (χ3n) is 4.23. The van der Waals surface area contributed by atoms with E-state index in [1.807, 2.05) is 18.2 Å². The second-order valence-electron chi connectivity index (χ2n) is 6.10. The Kier molecular flexibility index (Phi) is 5.81. The maximum atomic E-state index is 13.0. The summed E-state index contributed by atoms with van der Waals surface area (Å²) in [6, 6.07) is 11.6. The monoisotopic (exact) mass is 421 g/mol.